The van der Waals surface area contributed by atoms with E-state index in [1.165, 1.54) is 24.1 Å². The molecule has 3 atom stereocenters. The van der Waals surface area contributed by atoms with Gasteiger partial charge in [0.15, 0.2) is 5.78 Å². The van der Waals surface area contributed by atoms with Crippen molar-refractivity contribution < 1.29 is 4.79 Å². The number of allylic oxidation sites excluding steroid dienone is 2. The molecular formula is C26H29N3O. The number of ketones is 1. The summed E-state index contributed by atoms with van der Waals surface area (Å²) >= 11 is 0. The van der Waals surface area contributed by atoms with Gasteiger partial charge < -0.3 is 4.57 Å². The first-order valence-electron chi connectivity index (χ1n) is 11.2. The van der Waals surface area contributed by atoms with Gasteiger partial charge in [-0.2, -0.15) is 5.26 Å². The highest BCUT2D eigenvalue weighted by molar-refractivity contribution is 6.02. The number of nitrogens with zero attached hydrogens (tertiary/aromatic N) is 3. The first kappa shape index (κ1) is 19.3. The number of benzene rings is 1. The molecule has 0 saturated heterocycles. The number of Topliss-reactive ketones (excluding diaryl/α,β-unsaturated/α-hetero) is 1. The van der Waals surface area contributed by atoms with Gasteiger partial charge in [-0.3, -0.25) is 4.79 Å². The molecular weight excluding hydrogens is 370 g/mol. The number of hydrogen-bond acceptors (Lipinski definition) is 3. The highest BCUT2D eigenvalue weighted by Gasteiger charge is 2.51. The summed E-state index contributed by atoms with van der Waals surface area (Å²) in [6.45, 7) is 8.60. The lowest BCUT2D eigenvalue weighted by Gasteiger charge is -2.44. The molecule has 2 aromatic rings. The third kappa shape index (κ3) is 2.71. The van der Waals surface area contributed by atoms with E-state index in [2.05, 4.69) is 55.7 Å². The van der Waals surface area contributed by atoms with Crippen molar-refractivity contribution in [1.82, 2.24) is 9.55 Å². The van der Waals surface area contributed by atoms with E-state index in [4.69, 9.17) is 4.98 Å². The average molecular weight is 400 g/mol. The molecule has 0 aliphatic heterocycles. The van der Waals surface area contributed by atoms with Gasteiger partial charge in [-0.25, -0.2) is 4.98 Å². The highest BCUT2D eigenvalue weighted by atomic mass is 16.1. The Labute approximate surface area is 178 Å². The van der Waals surface area contributed by atoms with Crippen LogP contribution in [0.2, 0.25) is 0 Å². The number of fused-ring (bicyclic) bond motifs is 3. The summed E-state index contributed by atoms with van der Waals surface area (Å²) in [4.78, 5) is 17.9. The second-order valence-corrected chi connectivity index (χ2v) is 9.86. The first-order chi connectivity index (χ1) is 14.3. The second kappa shape index (κ2) is 6.67. The van der Waals surface area contributed by atoms with Crippen LogP contribution in [0.15, 0.2) is 35.9 Å². The minimum absolute atomic E-state index is 0.00505. The van der Waals surface area contributed by atoms with Gasteiger partial charge in [0.05, 0.1) is 11.3 Å². The molecule has 4 heteroatoms. The second-order valence-electron chi connectivity index (χ2n) is 9.86. The highest BCUT2D eigenvalue weighted by Crippen LogP contribution is 2.52. The standard InChI is InChI=1S/C26H29N3O/c1-15(2)17-5-7-18(8-6-17)25-28-24-22(29(25)20-9-10-20)12-11-21-16(3)23(30)19(14-27)13-26(21,24)4/h5-8,13,15-16,20-21H,9-12H2,1-4H3/t16-,21-,26-/m1/s1. The maximum atomic E-state index is 12.6. The lowest BCUT2D eigenvalue weighted by molar-refractivity contribution is -0.121. The van der Waals surface area contributed by atoms with Crippen LogP contribution in [-0.4, -0.2) is 15.3 Å². The summed E-state index contributed by atoms with van der Waals surface area (Å²) in [6.07, 6.45) is 6.25. The molecule has 4 nitrogen and oxygen atoms in total. The minimum atomic E-state index is -0.362. The van der Waals surface area contributed by atoms with Gasteiger partial charge >= 0.3 is 0 Å². The number of imidazole rings is 1. The third-order valence-corrected chi connectivity index (χ3v) is 7.58. The lowest BCUT2D eigenvalue weighted by Crippen LogP contribution is -2.45. The van der Waals surface area contributed by atoms with Crippen molar-refractivity contribution in [3.63, 3.8) is 0 Å². The largest absolute Gasteiger partial charge is 0.325 e. The van der Waals surface area contributed by atoms with Gasteiger partial charge in [-0.1, -0.05) is 58.0 Å². The quantitative estimate of drug-likeness (QED) is 0.685. The van der Waals surface area contributed by atoms with Crippen molar-refractivity contribution in [2.75, 3.05) is 0 Å². The Morgan fingerprint density at radius 1 is 1.20 bits per heavy atom. The molecule has 1 saturated carbocycles. The van der Waals surface area contributed by atoms with Gasteiger partial charge in [0, 0.05) is 28.6 Å². The minimum Gasteiger partial charge on any atom is -0.325 e. The number of nitriles is 1. The number of carbonyl (C=O) groups excluding carboxylic acids is 1. The topological polar surface area (TPSA) is 58.7 Å². The SMILES string of the molecule is CC(C)c1ccc(-c2nc3c(n2C2CC2)CC[C@@H]2[C@@H](C)C(=O)C(C#N)=C[C@@]32C)cc1. The molecule has 0 unspecified atom stereocenters. The average Bonchev–Trinajstić information content (AvgIpc) is 3.50. The Morgan fingerprint density at radius 3 is 2.50 bits per heavy atom. The lowest BCUT2D eigenvalue weighted by atomic mass is 9.58. The van der Waals surface area contributed by atoms with E-state index < -0.39 is 0 Å². The molecule has 0 radical (unpaired) electrons. The van der Waals surface area contributed by atoms with Gasteiger partial charge in [0.25, 0.3) is 0 Å². The monoisotopic (exact) mass is 399 g/mol. The number of aromatic nitrogens is 2. The van der Waals surface area contributed by atoms with Crippen LogP contribution in [0, 0.1) is 23.2 Å². The normalized spacial score (nSPS) is 28.0. The molecule has 3 aliphatic carbocycles. The van der Waals surface area contributed by atoms with Gasteiger partial charge in [0.1, 0.15) is 11.9 Å². The predicted octanol–water partition coefficient (Wildman–Crippen LogP) is 5.50. The van der Waals surface area contributed by atoms with Crippen LogP contribution >= 0.6 is 0 Å². The zero-order chi connectivity index (χ0) is 21.2. The van der Waals surface area contributed by atoms with E-state index in [1.54, 1.807) is 0 Å². The Bertz CT molecular complexity index is 1090. The smallest absolute Gasteiger partial charge is 0.176 e. The van der Waals surface area contributed by atoms with Crippen molar-refractivity contribution in [1.29, 1.82) is 5.26 Å². The van der Waals surface area contributed by atoms with E-state index >= 15 is 0 Å². The summed E-state index contributed by atoms with van der Waals surface area (Å²) in [5.41, 5.74) is 4.83. The fourth-order valence-electron chi connectivity index (χ4n) is 5.68. The van der Waals surface area contributed by atoms with Crippen molar-refractivity contribution in [2.45, 2.75) is 70.8 Å². The molecule has 0 bridgehead atoms. The van der Waals surface area contributed by atoms with Crippen LogP contribution in [0.1, 0.15) is 75.9 Å². The Balaban J connectivity index is 1.69. The van der Waals surface area contributed by atoms with E-state index in [9.17, 15) is 10.1 Å². The van der Waals surface area contributed by atoms with Crippen LogP contribution < -0.4 is 0 Å². The van der Waals surface area contributed by atoms with E-state index in [1.807, 2.05) is 13.0 Å². The summed E-state index contributed by atoms with van der Waals surface area (Å²) in [6, 6.07) is 11.5. The molecule has 1 aromatic heterocycles. The number of rotatable bonds is 3. The van der Waals surface area contributed by atoms with Crippen LogP contribution in [0.5, 0.6) is 0 Å². The number of hydrogen-bond donors (Lipinski definition) is 0. The molecule has 1 heterocycles. The fraction of sp³-hybridized carbons (Fsp3) is 0.500. The third-order valence-electron chi connectivity index (χ3n) is 7.58. The predicted molar refractivity (Wildman–Crippen MR) is 117 cm³/mol. The van der Waals surface area contributed by atoms with Crippen molar-refractivity contribution in [3.05, 3.63) is 52.9 Å². The molecule has 5 rings (SSSR count). The summed E-state index contributed by atoms with van der Waals surface area (Å²) in [5.74, 6) is 1.62. The summed E-state index contributed by atoms with van der Waals surface area (Å²) < 4.78 is 2.47. The van der Waals surface area contributed by atoms with Crippen LogP contribution in [0.3, 0.4) is 0 Å². The van der Waals surface area contributed by atoms with Gasteiger partial charge in [0.2, 0.25) is 0 Å². The molecule has 0 spiro atoms. The van der Waals surface area contributed by atoms with E-state index in [-0.39, 0.29) is 23.0 Å². The van der Waals surface area contributed by atoms with Crippen molar-refractivity contribution in [2.24, 2.45) is 11.8 Å². The zero-order valence-corrected chi connectivity index (χ0v) is 18.3. The number of carbonyl (C=O) groups is 1. The zero-order valence-electron chi connectivity index (χ0n) is 18.3. The van der Waals surface area contributed by atoms with Gasteiger partial charge in [-0.15, -0.1) is 0 Å². The fourth-order valence-corrected chi connectivity index (χ4v) is 5.68. The Kier molecular flexibility index (Phi) is 4.29. The molecule has 1 fully saturated rings. The van der Waals surface area contributed by atoms with Crippen LogP contribution in [0.25, 0.3) is 11.4 Å². The maximum Gasteiger partial charge on any atom is 0.176 e. The molecule has 1 aromatic carbocycles. The molecule has 154 valence electrons. The molecule has 0 amide bonds. The van der Waals surface area contributed by atoms with Crippen LogP contribution in [0.4, 0.5) is 0 Å². The maximum absolute atomic E-state index is 12.6. The molecule has 3 aliphatic rings. The summed E-state index contributed by atoms with van der Waals surface area (Å²) in [5, 5.41) is 9.57. The Hall–Kier alpha value is -2.67. The van der Waals surface area contributed by atoms with E-state index in [0.717, 1.165) is 29.9 Å². The van der Waals surface area contributed by atoms with Crippen molar-refractivity contribution in [3.8, 4) is 17.5 Å². The first-order valence-corrected chi connectivity index (χ1v) is 11.2. The van der Waals surface area contributed by atoms with E-state index in [0.29, 0.717) is 17.5 Å². The van der Waals surface area contributed by atoms with Crippen molar-refractivity contribution >= 4 is 5.78 Å². The van der Waals surface area contributed by atoms with Crippen LogP contribution in [-0.2, 0) is 16.6 Å². The molecule has 30 heavy (non-hydrogen) atoms. The molecule has 0 N–H and O–H groups in total. The van der Waals surface area contributed by atoms with Gasteiger partial charge in [-0.05, 0) is 43.1 Å². The Morgan fingerprint density at radius 2 is 1.90 bits per heavy atom. The summed E-state index contributed by atoms with van der Waals surface area (Å²) in [7, 11) is 0.